The highest BCUT2D eigenvalue weighted by Crippen LogP contribution is 2.48. The Morgan fingerprint density at radius 3 is 2.50 bits per heavy atom. The number of hydrogen-bond acceptors (Lipinski definition) is 5. The van der Waals surface area contributed by atoms with Gasteiger partial charge in [0.1, 0.15) is 0 Å². The minimum absolute atomic E-state index is 0.00935. The van der Waals surface area contributed by atoms with Gasteiger partial charge in [-0.3, -0.25) is 4.79 Å². The van der Waals surface area contributed by atoms with E-state index in [4.69, 9.17) is 10.8 Å². The van der Waals surface area contributed by atoms with Gasteiger partial charge in [-0.15, -0.1) is 0 Å². The van der Waals surface area contributed by atoms with E-state index in [2.05, 4.69) is 0 Å². The van der Waals surface area contributed by atoms with Crippen molar-refractivity contribution in [3.05, 3.63) is 11.1 Å². The summed E-state index contributed by atoms with van der Waals surface area (Å²) in [6.45, 7) is 7.22. The predicted octanol–water partition coefficient (Wildman–Crippen LogP) is 2.37. The molecule has 0 aliphatic heterocycles. The molecule has 0 aromatic rings. The first kappa shape index (κ1) is 14.6. The molecule has 0 aromatic heterocycles. The number of allylic oxidation sites excluding steroid dienone is 1. The van der Waals surface area contributed by atoms with Crippen LogP contribution in [0.1, 0.15) is 41.9 Å². The molecule has 0 amide bonds. The molecular weight excluding hydrogens is 258 g/mol. The zero-order chi connectivity index (χ0) is 16.3. The minimum atomic E-state index is -1.52. The maximum atomic E-state index is 12.2. The summed E-state index contributed by atoms with van der Waals surface area (Å²) >= 11 is 0. The zero-order valence-electron chi connectivity index (χ0n) is 13.4. The lowest BCUT2D eigenvalue weighted by molar-refractivity contribution is -0.145. The van der Waals surface area contributed by atoms with Crippen LogP contribution in [0.3, 0.4) is 0 Å². The lowest BCUT2D eigenvalue weighted by atomic mass is 9.76. The van der Waals surface area contributed by atoms with Crippen molar-refractivity contribution < 1.29 is 20.4 Å². The molecule has 0 fully saturated rings. The molecule has 1 rings (SSSR count). The SMILES string of the molecule is [2H]C1(CC(=O)OCC)C(C(=O)OCC)=C(C#N)CC1(C)C. The van der Waals surface area contributed by atoms with Gasteiger partial charge in [-0.1, -0.05) is 13.8 Å². The van der Waals surface area contributed by atoms with Crippen molar-refractivity contribution in [1.29, 1.82) is 5.26 Å². The zero-order valence-corrected chi connectivity index (χ0v) is 12.4. The number of rotatable bonds is 5. The van der Waals surface area contributed by atoms with Crippen molar-refractivity contribution in [2.24, 2.45) is 11.3 Å². The molecule has 0 saturated heterocycles. The Kier molecular flexibility index (Phi) is 4.78. The fourth-order valence-electron chi connectivity index (χ4n) is 2.39. The lowest BCUT2D eigenvalue weighted by Crippen LogP contribution is -2.27. The summed E-state index contributed by atoms with van der Waals surface area (Å²) in [5.74, 6) is -2.77. The Labute approximate surface area is 121 Å². The summed E-state index contributed by atoms with van der Waals surface area (Å²) in [5, 5.41) is 9.24. The van der Waals surface area contributed by atoms with E-state index in [1.807, 2.05) is 6.07 Å². The van der Waals surface area contributed by atoms with E-state index < -0.39 is 23.2 Å². The Balaban J connectivity index is 3.27. The number of carbonyl (C=O) groups excluding carboxylic acids is 2. The van der Waals surface area contributed by atoms with Crippen LogP contribution in [0.4, 0.5) is 0 Å². The largest absolute Gasteiger partial charge is 0.466 e. The van der Waals surface area contributed by atoms with E-state index in [0.717, 1.165) is 0 Å². The summed E-state index contributed by atoms with van der Waals surface area (Å²) in [4.78, 5) is 24.0. The van der Waals surface area contributed by atoms with Gasteiger partial charge in [0.2, 0.25) is 0 Å². The van der Waals surface area contributed by atoms with E-state index in [0.29, 0.717) is 0 Å². The fraction of sp³-hybridized carbons (Fsp3) is 0.667. The first-order valence-electron chi connectivity index (χ1n) is 7.20. The van der Waals surface area contributed by atoms with Crippen molar-refractivity contribution >= 4 is 11.9 Å². The van der Waals surface area contributed by atoms with Crippen molar-refractivity contribution in [2.45, 2.75) is 40.5 Å². The number of nitrogens with zero attached hydrogens (tertiary/aromatic N) is 1. The molecule has 0 saturated carbocycles. The lowest BCUT2D eigenvalue weighted by Gasteiger charge is -2.27. The molecule has 1 aliphatic rings. The molecule has 1 aliphatic carbocycles. The Bertz CT molecular complexity index is 518. The van der Waals surface area contributed by atoms with Gasteiger partial charge in [-0.05, 0) is 25.7 Å². The second kappa shape index (κ2) is 6.56. The summed E-state index contributed by atoms with van der Waals surface area (Å²) in [6.07, 6.45) is -0.00623. The van der Waals surface area contributed by atoms with Crippen molar-refractivity contribution in [3.8, 4) is 6.07 Å². The second-order valence-electron chi connectivity index (χ2n) is 5.21. The molecule has 1 atom stereocenters. The average Bonchev–Trinajstić information content (AvgIpc) is 2.57. The molecule has 5 heteroatoms. The van der Waals surface area contributed by atoms with Gasteiger partial charge in [0.25, 0.3) is 0 Å². The highest BCUT2D eigenvalue weighted by atomic mass is 16.5. The molecule has 5 nitrogen and oxygen atoms in total. The van der Waals surface area contributed by atoms with Crippen LogP contribution in [-0.2, 0) is 19.1 Å². The van der Waals surface area contributed by atoms with E-state index >= 15 is 0 Å². The van der Waals surface area contributed by atoms with Crippen molar-refractivity contribution in [2.75, 3.05) is 13.2 Å². The molecular formula is C15H21NO4. The third-order valence-electron chi connectivity index (χ3n) is 3.28. The average molecular weight is 280 g/mol. The maximum Gasteiger partial charge on any atom is 0.335 e. The number of esters is 2. The monoisotopic (exact) mass is 280 g/mol. The van der Waals surface area contributed by atoms with Crippen LogP contribution in [-0.4, -0.2) is 25.2 Å². The van der Waals surface area contributed by atoms with Crippen molar-refractivity contribution in [1.82, 2.24) is 0 Å². The van der Waals surface area contributed by atoms with Gasteiger partial charge in [0.15, 0.2) is 0 Å². The summed E-state index contributed by atoms with van der Waals surface area (Å²) in [5.41, 5.74) is -0.518. The third kappa shape index (κ3) is 3.38. The summed E-state index contributed by atoms with van der Waals surface area (Å²) in [6, 6.07) is 1.98. The minimum Gasteiger partial charge on any atom is -0.466 e. The van der Waals surface area contributed by atoms with Crippen LogP contribution >= 0.6 is 0 Å². The van der Waals surface area contributed by atoms with Gasteiger partial charge in [-0.25, -0.2) is 4.79 Å². The molecule has 0 heterocycles. The van der Waals surface area contributed by atoms with E-state index in [1.54, 1.807) is 27.7 Å². The van der Waals surface area contributed by atoms with Gasteiger partial charge >= 0.3 is 11.9 Å². The molecule has 1 unspecified atom stereocenters. The first-order valence-corrected chi connectivity index (χ1v) is 6.70. The smallest absolute Gasteiger partial charge is 0.335 e. The van der Waals surface area contributed by atoms with Gasteiger partial charge in [0.05, 0.1) is 31.3 Å². The molecule has 0 radical (unpaired) electrons. The van der Waals surface area contributed by atoms with E-state index in [1.165, 1.54) is 0 Å². The molecule has 0 bridgehead atoms. The quantitative estimate of drug-likeness (QED) is 0.722. The van der Waals surface area contributed by atoms with Crippen LogP contribution in [0.25, 0.3) is 0 Å². The number of nitriles is 1. The standard InChI is InChI=1S/C15H21NO4/c1-5-19-12(17)7-11-13(14(18)20-6-2)10(9-16)8-15(11,3)4/h11H,5-8H2,1-4H3/i11D. The van der Waals surface area contributed by atoms with Crippen LogP contribution in [0.5, 0.6) is 0 Å². The van der Waals surface area contributed by atoms with Gasteiger partial charge in [0, 0.05) is 12.8 Å². The second-order valence-corrected chi connectivity index (χ2v) is 5.21. The Morgan fingerprint density at radius 2 is 2.00 bits per heavy atom. The number of carbonyl (C=O) groups is 2. The maximum absolute atomic E-state index is 12.2. The number of hydrogen-bond donors (Lipinski definition) is 0. The van der Waals surface area contributed by atoms with Gasteiger partial charge < -0.3 is 9.47 Å². The fourth-order valence-corrected chi connectivity index (χ4v) is 2.39. The Morgan fingerprint density at radius 1 is 1.40 bits per heavy atom. The summed E-state index contributed by atoms with van der Waals surface area (Å²) in [7, 11) is 0. The predicted molar refractivity (Wildman–Crippen MR) is 72.4 cm³/mol. The van der Waals surface area contributed by atoms with E-state index in [9.17, 15) is 14.9 Å². The summed E-state index contributed by atoms with van der Waals surface area (Å²) < 4.78 is 18.6. The highest BCUT2D eigenvalue weighted by Gasteiger charge is 2.45. The molecule has 110 valence electrons. The van der Waals surface area contributed by atoms with Gasteiger partial charge in [-0.2, -0.15) is 5.26 Å². The van der Waals surface area contributed by atoms with Crippen LogP contribution in [0, 0.1) is 22.6 Å². The van der Waals surface area contributed by atoms with Crippen molar-refractivity contribution in [3.63, 3.8) is 0 Å². The van der Waals surface area contributed by atoms with Crippen LogP contribution < -0.4 is 0 Å². The third-order valence-corrected chi connectivity index (χ3v) is 3.28. The number of ether oxygens (including phenoxy) is 2. The molecule has 0 spiro atoms. The Hall–Kier alpha value is -1.83. The van der Waals surface area contributed by atoms with Crippen LogP contribution in [0.15, 0.2) is 11.1 Å². The molecule has 0 N–H and O–H groups in total. The molecule has 0 aromatic carbocycles. The van der Waals surface area contributed by atoms with E-state index in [-0.39, 0.29) is 37.2 Å². The normalized spacial score (nSPS) is 24.9. The first-order chi connectivity index (χ1) is 9.73. The highest BCUT2D eigenvalue weighted by molar-refractivity contribution is 5.92. The molecule has 20 heavy (non-hydrogen) atoms. The van der Waals surface area contributed by atoms with Crippen LogP contribution in [0.2, 0.25) is 0 Å². The topological polar surface area (TPSA) is 76.4 Å².